The normalized spacial score (nSPS) is 21.6. The molecule has 3 heterocycles. The van der Waals surface area contributed by atoms with Gasteiger partial charge in [-0.05, 0) is 85.9 Å². The molecule has 0 unspecified atom stereocenters. The molecular weight excluding hydrogens is 458 g/mol. The third-order valence-corrected chi connectivity index (χ3v) is 8.15. The Labute approximate surface area is 218 Å². The minimum Gasteiger partial charge on any atom is -0.351 e. The average molecular weight is 490 g/mol. The van der Waals surface area contributed by atoms with Crippen LogP contribution in [-0.4, -0.2) is 54.3 Å². The van der Waals surface area contributed by atoms with E-state index in [0.29, 0.717) is 25.1 Å². The van der Waals surface area contributed by atoms with Gasteiger partial charge in [0.05, 0.1) is 0 Å². The SMILES string of the molecule is O=C(NCC12CCN(CC1)C2)c1cccc2c1CCN(C(=O)c1ccc(C#Cc3ccccc3)cc1)C2. The zero-order valence-electron chi connectivity index (χ0n) is 21.0. The molecule has 3 aromatic carbocycles. The first-order valence-corrected chi connectivity index (χ1v) is 13.2. The fourth-order valence-electron chi connectivity index (χ4n) is 5.95. The topological polar surface area (TPSA) is 52.7 Å². The Bertz CT molecular complexity index is 1380. The van der Waals surface area contributed by atoms with Gasteiger partial charge in [0.25, 0.3) is 11.8 Å². The minimum atomic E-state index is 0.00851. The molecule has 0 saturated carbocycles. The van der Waals surface area contributed by atoms with Crippen molar-refractivity contribution in [2.75, 3.05) is 32.7 Å². The summed E-state index contributed by atoms with van der Waals surface area (Å²) in [6.07, 6.45) is 3.04. The van der Waals surface area contributed by atoms with Gasteiger partial charge in [0.1, 0.15) is 0 Å². The molecule has 186 valence electrons. The van der Waals surface area contributed by atoms with E-state index in [0.717, 1.165) is 54.0 Å². The lowest BCUT2D eigenvalue weighted by atomic mass is 9.84. The molecule has 0 radical (unpaired) electrons. The van der Waals surface area contributed by atoms with Crippen LogP contribution in [-0.2, 0) is 13.0 Å². The fraction of sp³-hybridized carbons (Fsp3) is 0.312. The van der Waals surface area contributed by atoms with E-state index in [9.17, 15) is 9.59 Å². The van der Waals surface area contributed by atoms with Crippen molar-refractivity contribution in [3.8, 4) is 11.8 Å². The molecular formula is C32H31N3O2. The summed E-state index contributed by atoms with van der Waals surface area (Å²) in [6.45, 7) is 5.29. The van der Waals surface area contributed by atoms with Crippen LogP contribution in [0.3, 0.4) is 0 Å². The Morgan fingerprint density at radius 3 is 2.27 bits per heavy atom. The predicted molar refractivity (Wildman–Crippen MR) is 144 cm³/mol. The van der Waals surface area contributed by atoms with E-state index in [-0.39, 0.29) is 17.2 Å². The highest BCUT2D eigenvalue weighted by Gasteiger charge is 2.43. The molecule has 6 rings (SSSR count). The van der Waals surface area contributed by atoms with Crippen molar-refractivity contribution in [3.63, 3.8) is 0 Å². The van der Waals surface area contributed by atoms with Crippen LogP contribution in [0.5, 0.6) is 0 Å². The maximum absolute atomic E-state index is 13.2. The molecule has 1 N–H and O–H groups in total. The van der Waals surface area contributed by atoms with E-state index in [1.54, 1.807) is 0 Å². The number of benzene rings is 3. The van der Waals surface area contributed by atoms with Crippen LogP contribution < -0.4 is 5.32 Å². The highest BCUT2D eigenvalue weighted by atomic mass is 16.2. The van der Waals surface area contributed by atoms with Crippen molar-refractivity contribution in [3.05, 3.63) is 106 Å². The molecule has 2 bridgehead atoms. The Morgan fingerprint density at radius 2 is 1.57 bits per heavy atom. The summed E-state index contributed by atoms with van der Waals surface area (Å²) >= 11 is 0. The Hall–Kier alpha value is -3.88. The van der Waals surface area contributed by atoms with Gasteiger partial charge in [-0.15, -0.1) is 0 Å². The second kappa shape index (κ2) is 9.88. The monoisotopic (exact) mass is 489 g/mol. The number of piperidine rings is 1. The van der Waals surface area contributed by atoms with Crippen molar-refractivity contribution in [2.24, 2.45) is 5.41 Å². The molecule has 0 aromatic heterocycles. The first kappa shape index (κ1) is 23.5. The number of nitrogens with one attached hydrogen (secondary N) is 1. The number of carbonyl (C=O) groups is 2. The van der Waals surface area contributed by atoms with Crippen molar-refractivity contribution in [1.29, 1.82) is 0 Å². The van der Waals surface area contributed by atoms with Gasteiger partial charge in [-0.1, -0.05) is 42.2 Å². The third kappa shape index (κ3) is 4.90. The average Bonchev–Trinajstić information content (AvgIpc) is 3.56. The van der Waals surface area contributed by atoms with Crippen LogP contribution in [0.4, 0.5) is 0 Å². The first-order valence-electron chi connectivity index (χ1n) is 13.2. The molecule has 5 heteroatoms. The molecule has 2 fully saturated rings. The number of carbonyl (C=O) groups excluding carboxylic acids is 2. The molecule has 0 spiro atoms. The summed E-state index contributed by atoms with van der Waals surface area (Å²) < 4.78 is 0. The summed E-state index contributed by atoms with van der Waals surface area (Å²) in [5.41, 5.74) is 5.65. The third-order valence-electron chi connectivity index (χ3n) is 8.15. The molecule has 5 nitrogen and oxygen atoms in total. The number of hydrogen-bond acceptors (Lipinski definition) is 3. The molecule has 37 heavy (non-hydrogen) atoms. The first-order chi connectivity index (χ1) is 18.1. The van der Waals surface area contributed by atoms with Crippen LogP contribution >= 0.6 is 0 Å². The van der Waals surface area contributed by atoms with Gasteiger partial charge in [0.15, 0.2) is 0 Å². The molecule has 2 amide bonds. The molecule has 3 aromatic rings. The Balaban J connectivity index is 1.11. The largest absolute Gasteiger partial charge is 0.351 e. The van der Waals surface area contributed by atoms with Crippen molar-refractivity contribution >= 4 is 11.8 Å². The van der Waals surface area contributed by atoms with Crippen LogP contribution in [0.15, 0.2) is 72.8 Å². The van der Waals surface area contributed by atoms with E-state index in [4.69, 9.17) is 0 Å². The summed E-state index contributed by atoms with van der Waals surface area (Å²) in [7, 11) is 0. The number of fused-ring (bicyclic) bond motifs is 3. The summed E-state index contributed by atoms with van der Waals surface area (Å²) in [6, 6.07) is 23.3. The second-order valence-electron chi connectivity index (χ2n) is 10.6. The zero-order chi connectivity index (χ0) is 25.2. The van der Waals surface area contributed by atoms with Gasteiger partial charge in [0, 0.05) is 53.8 Å². The summed E-state index contributed by atoms with van der Waals surface area (Å²) in [4.78, 5) is 30.8. The molecule has 3 aliphatic heterocycles. The van der Waals surface area contributed by atoms with Crippen LogP contribution in [0.2, 0.25) is 0 Å². The molecule has 2 saturated heterocycles. The van der Waals surface area contributed by atoms with Gasteiger partial charge in [-0.25, -0.2) is 0 Å². The van der Waals surface area contributed by atoms with Gasteiger partial charge in [-0.2, -0.15) is 0 Å². The quantitative estimate of drug-likeness (QED) is 0.562. The second-order valence-corrected chi connectivity index (χ2v) is 10.6. The van der Waals surface area contributed by atoms with Crippen LogP contribution in [0.1, 0.15) is 55.8 Å². The number of amides is 2. The fourth-order valence-corrected chi connectivity index (χ4v) is 5.95. The van der Waals surface area contributed by atoms with Gasteiger partial charge in [0.2, 0.25) is 0 Å². The van der Waals surface area contributed by atoms with E-state index in [1.165, 1.54) is 12.8 Å². The van der Waals surface area contributed by atoms with E-state index in [1.807, 2.05) is 77.7 Å². The summed E-state index contributed by atoms with van der Waals surface area (Å²) in [5.74, 6) is 6.33. The number of nitrogens with zero attached hydrogens (tertiary/aromatic N) is 2. The van der Waals surface area contributed by atoms with Crippen LogP contribution in [0.25, 0.3) is 0 Å². The van der Waals surface area contributed by atoms with Crippen LogP contribution in [0, 0.1) is 17.3 Å². The lowest BCUT2D eigenvalue weighted by Crippen LogP contribution is -2.39. The molecule has 0 atom stereocenters. The Kier molecular flexibility index (Phi) is 6.28. The summed E-state index contributed by atoms with van der Waals surface area (Å²) in [5, 5.41) is 3.24. The molecule has 3 aliphatic rings. The maximum Gasteiger partial charge on any atom is 0.254 e. The highest BCUT2D eigenvalue weighted by molar-refractivity contribution is 5.97. The van der Waals surface area contributed by atoms with E-state index >= 15 is 0 Å². The van der Waals surface area contributed by atoms with E-state index < -0.39 is 0 Å². The standard InChI is InChI=1S/C32H31N3O2/c36-30(33-22-32-16-19-34(23-32)20-17-32)29-8-4-7-27-21-35(18-15-28(27)29)31(37)26-13-11-25(12-14-26)10-9-24-5-2-1-3-6-24/h1-8,11-14H,15-23H2,(H,33,36). The van der Waals surface area contributed by atoms with Gasteiger partial charge < -0.3 is 15.1 Å². The maximum atomic E-state index is 13.2. The highest BCUT2D eigenvalue weighted by Crippen LogP contribution is 2.39. The van der Waals surface area contributed by atoms with Crippen molar-refractivity contribution in [1.82, 2.24) is 15.1 Å². The Morgan fingerprint density at radius 1 is 0.838 bits per heavy atom. The van der Waals surface area contributed by atoms with Gasteiger partial charge in [-0.3, -0.25) is 9.59 Å². The van der Waals surface area contributed by atoms with E-state index in [2.05, 4.69) is 22.1 Å². The predicted octanol–water partition coefficient (Wildman–Crippen LogP) is 4.11. The minimum absolute atomic E-state index is 0.00851. The lowest BCUT2D eigenvalue weighted by molar-refractivity contribution is 0.0734. The number of rotatable bonds is 4. The zero-order valence-corrected chi connectivity index (χ0v) is 21.0. The van der Waals surface area contributed by atoms with Crippen molar-refractivity contribution in [2.45, 2.75) is 25.8 Å². The number of hydrogen-bond donors (Lipinski definition) is 1. The molecule has 0 aliphatic carbocycles. The van der Waals surface area contributed by atoms with Crippen molar-refractivity contribution < 1.29 is 9.59 Å². The smallest absolute Gasteiger partial charge is 0.254 e. The lowest BCUT2D eigenvalue weighted by Gasteiger charge is -2.30. The van der Waals surface area contributed by atoms with Gasteiger partial charge >= 0.3 is 0 Å².